The monoisotopic (exact) mass is 407 g/mol. The summed E-state index contributed by atoms with van der Waals surface area (Å²) in [5.74, 6) is 0.531. The summed E-state index contributed by atoms with van der Waals surface area (Å²) in [4.78, 5) is 21.7. The van der Waals surface area contributed by atoms with Gasteiger partial charge >= 0.3 is 0 Å². The molecule has 0 bridgehead atoms. The Morgan fingerprint density at radius 3 is 2.79 bits per heavy atom. The highest BCUT2D eigenvalue weighted by molar-refractivity contribution is 7.99. The maximum atomic E-state index is 12.8. The molecule has 0 aliphatic carbocycles. The van der Waals surface area contributed by atoms with Gasteiger partial charge in [0.1, 0.15) is 17.5 Å². The summed E-state index contributed by atoms with van der Waals surface area (Å²) in [7, 11) is 1.91. The van der Waals surface area contributed by atoms with Crippen molar-refractivity contribution in [3.8, 4) is 0 Å². The van der Waals surface area contributed by atoms with Crippen LogP contribution >= 0.6 is 11.8 Å². The third kappa shape index (κ3) is 4.07. The molecule has 4 rings (SSSR count). The number of pyridine rings is 1. The van der Waals surface area contributed by atoms with Crippen molar-refractivity contribution in [3.05, 3.63) is 65.1 Å². The number of thioether (sulfide) groups is 1. The summed E-state index contributed by atoms with van der Waals surface area (Å²) in [5.41, 5.74) is 4.56. The van der Waals surface area contributed by atoms with Gasteiger partial charge in [-0.15, -0.1) is 10.2 Å². The quantitative estimate of drug-likeness (QED) is 0.349. The fourth-order valence-corrected chi connectivity index (χ4v) is 4.07. The van der Waals surface area contributed by atoms with Gasteiger partial charge < -0.3 is 8.98 Å². The largest absolute Gasteiger partial charge is 0.441 e. The molecule has 3 aromatic heterocycles. The number of oxazole rings is 1. The molecule has 148 valence electrons. The van der Waals surface area contributed by atoms with Crippen LogP contribution in [-0.2, 0) is 13.5 Å². The van der Waals surface area contributed by atoms with Gasteiger partial charge in [0.25, 0.3) is 0 Å². The number of hydrogen-bond acceptors (Lipinski definition) is 7. The highest BCUT2D eigenvalue weighted by Crippen LogP contribution is 2.36. The number of Topliss-reactive ketones (excluding diaryl/α,β-unsaturated/α-hetero) is 1. The van der Waals surface area contributed by atoms with Crippen LogP contribution in [0.2, 0.25) is 0 Å². The molecule has 0 saturated carbocycles. The number of benzene rings is 1. The van der Waals surface area contributed by atoms with Crippen molar-refractivity contribution in [1.29, 1.82) is 0 Å². The Kier molecular flexibility index (Phi) is 5.19. The van der Waals surface area contributed by atoms with Crippen LogP contribution in [0, 0.1) is 13.8 Å². The molecular formula is C21H21N5O2S. The summed E-state index contributed by atoms with van der Waals surface area (Å²) in [5, 5.41) is 9.01. The third-order valence-electron chi connectivity index (χ3n) is 4.64. The van der Waals surface area contributed by atoms with Crippen molar-refractivity contribution in [2.45, 2.75) is 37.6 Å². The zero-order chi connectivity index (χ0) is 20.5. The molecule has 0 fully saturated rings. The minimum absolute atomic E-state index is 0.0465. The highest BCUT2D eigenvalue weighted by Gasteiger charge is 2.19. The Balaban J connectivity index is 1.69. The Bertz CT molecular complexity index is 1200. The van der Waals surface area contributed by atoms with Crippen LogP contribution < -0.4 is 0 Å². The summed E-state index contributed by atoms with van der Waals surface area (Å²) in [6, 6.07) is 9.50. The number of aryl methyl sites for hydroxylation is 3. The minimum atomic E-state index is -0.0465. The van der Waals surface area contributed by atoms with E-state index in [0.29, 0.717) is 17.2 Å². The molecule has 0 N–H and O–H groups in total. The standard InChI is InChI=1S/C21H21N5O2S/c1-12-6-5-7-17(23-12)19(27)10-16-8-15(9-18-20(16)28-14(3)24-18)13(2)29-21-25-22-11-26(21)4/h5-9,11,13H,10H2,1-4H3/t13-/m0/s1. The Hall–Kier alpha value is -3.00. The van der Waals surface area contributed by atoms with Crippen molar-refractivity contribution < 1.29 is 9.21 Å². The molecule has 1 aromatic carbocycles. The van der Waals surface area contributed by atoms with Crippen LogP contribution in [0.5, 0.6) is 0 Å². The fourth-order valence-electron chi connectivity index (χ4n) is 3.17. The van der Waals surface area contributed by atoms with E-state index in [1.165, 1.54) is 0 Å². The van der Waals surface area contributed by atoms with Crippen molar-refractivity contribution in [1.82, 2.24) is 24.7 Å². The van der Waals surface area contributed by atoms with E-state index < -0.39 is 0 Å². The van der Waals surface area contributed by atoms with Crippen molar-refractivity contribution in [2.75, 3.05) is 0 Å². The highest BCUT2D eigenvalue weighted by atomic mass is 32.2. The van der Waals surface area contributed by atoms with Gasteiger partial charge in [-0.05, 0) is 37.6 Å². The van der Waals surface area contributed by atoms with Crippen molar-refractivity contribution in [2.24, 2.45) is 7.05 Å². The second-order valence-corrected chi connectivity index (χ2v) is 8.32. The second-order valence-electron chi connectivity index (χ2n) is 7.01. The summed E-state index contributed by atoms with van der Waals surface area (Å²) in [6.07, 6.45) is 1.88. The van der Waals surface area contributed by atoms with E-state index in [-0.39, 0.29) is 17.5 Å². The molecule has 8 heteroatoms. The van der Waals surface area contributed by atoms with Gasteiger partial charge in [-0.2, -0.15) is 0 Å². The van der Waals surface area contributed by atoms with Gasteiger partial charge in [-0.3, -0.25) is 9.78 Å². The molecule has 0 radical (unpaired) electrons. The topological polar surface area (TPSA) is 86.7 Å². The van der Waals surface area contributed by atoms with Gasteiger partial charge in [0.15, 0.2) is 22.4 Å². The number of aromatic nitrogens is 5. The van der Waals surface area contributed by atoms with Gasteiger partial charge in [0.2, 0.25) is 0 Å². The van der Waals surface area contributed by atoms with Crippen LogP contribution in [0.15, 0.2) is 46.2 Å². The van der Waals surface area contributed by atoms with E-state index in [0.717, 1.165) is 27.5 Å². The van der Waals surface area contributed by atoms with Crippen LogP contribution in [0.3, 0.4) is 0 Å². The second kappa shape index (κ2) is 7.79. The maximum absolute atomic E-state index is 12.8. The van der Waals surface area contributed by atoms with Crippen molar-refractivity contribution in [3.63, 3.8) is 0 Å². The van der Waals surface area contributed by atoms with Crippen LogP contribution in [0.1, 0.15) is 45.4 Å². The average Bonchev–Trinajstić information content (AvgIpc) is 3.26. The van der Waals surface area contributed by atoms with Gasteiger partial charge in [-0.1, -0.05) is 23.9 Å². The smallest absolute Gasteiger partial charge is 0.192 e. The van der Waals surface area contributed by atoms with E-state index in [2.05, 4.69) is 27.1 Å². The van der Waals surface area contributed by atoms with Crippen LogP contribution in [-0.4, -0.2) is 30.5 Å². The molecule has 29 heavy (non-hydrogen) atoms. The van der Waals surface area contributed by atoms with Gasteiger partial charge in [0, 0.05) is 36.9 Å². The molecule has 4 aromatic rings. The Labute approximate surface area is 172 Å². The van der Waals surface area contributed by atoms with E-state index in [9.17, 15) is 4.79 Å². The average molecular weight is 407 g/mol. The molecule has 0 saturated heterocycles. The number of nitrogens with zero attached hydrogens (tertiary/aromatic N) is 5. The molecule has 0 amide bonds. The molecule has 7 nitrogen and oxygen atoms in total. The normalized spacial score (nSPS) is 12.4. The zero-order valence-corrected chi connectivity index (χ0v) is 17.5. The molecule has 0 aliphatic heterocycles. The number of carbonyl (C=O) groups is 1. The fraction of sp³-hybridized carbons (Fsp3) is 0.286. The molecule has 3 heterocycles. The first-order chi connectivity index (χ1) is 13.9. The number of hydrogen-bond donors (Lipinski definition) is 0. The van der Waals surface area contributed by atoms with E-state index in [4.69, 9.17) is 4.42 Å². The molecule has 1 atom stereocenters. The van der Waals surface area contributed by atoms with Crippen molar-refractivity contribution >= 4 is 28.6 Å². The molecule has 0 spiro atoms. The van der Waals surface area contributed by atoms with Crippen LogP contribution in [0.25, 0.3) is 11.1 Å². The van der Waals surface area contributed by atoms with E-state index >= 15 is 0 Å². The SMILES string of the molecule is Cc1cccc(C(=O)Cc2cc([C@H](C)Sc3nncn3C)cc3nc(C)oc23)n1. The first kappa shape index (κ1) is 19.3. The Morgan fingerprint density at radius 2 is 2.07 bits per heavy atom. The first-order valence-corrected chi connectivity index (χ1v) is 10.2. The molecular weight excluding hydrogens is 386 g/mol. The predicted octanol–water partition coefficient (Wildman–Crippen LogP) is 4.25. The van der Waals surface area contributed by atoms with Crippen LogP contribution in [0.4, 0.5) is 0 Å². The lowest BCUT2D eigenvalue weighted by Crippen LogP contribution is -2.07. The van der Waals surface area contributed by atoms with Gasteiger partial charge in [0.05, 0.1) is 0 Å². The minimum Gasteiger partial charge on any atom is -0.441 e. The molecule has 0 unspecified atom stereocenters. The van der Waals surface area contributed by atoms with Gasteiger partial charge in [-0.25, -0.2) is 4.98 Å². The summed E-state index contributed by atoms with van der Waals surface area (Å²) in [6.45, 7) is 5.78. The zero-order valence-electron chi connectivity index (χ0n) is 16.7. The third-order valence-corrected chi connectivity index (χ3v) is 5.85. The lowest BCUT2D eigenvalue weighted by atomic mass is 10.0. The summed E-state index contributed by atoms with van der Waals surface area (Å²) < 4.78 is 7.68. The van der Waals surface area contributed by atoms with E-state index in [1.807, 2.05) is 49.7 Å². The maximum Gasteiger partial charge on any atom is 0.192 e. The number of rotatable bonds is 6. The number of ketones is 1. The number of fused-ring (bicyclic) bond motifs is 1. The predicted molar refractivity (Wildman–Crippen MR) is 111 cm³/mol. The number of carbonyl (C=O) groups excluding carboxylic acids is 1. The van der Waals surface area contributed by atoms with E-state index in [1.54, 1.807) is 24.2 Å². The summed E-state index contributed by atoms with van der Waals surface area (Å²) >= 11 is 1.60. The first-order valence-electron chi connectivity index (χ1n) is 9.28. The lowest BCUT2D eigenvalue weighted by molar-refractivity contribution is 0.0988. The molecule has 0 aliphatic rings. The Morgan fingerprint density at radius 1 is 1.24 bits per heavy atom. The lowest BCUT2D eigenvalue weighted by Gasteiger charge is -2.12.